The maximum atomic E-state index is 13.3. The van der Waals surface area contributed by atoms with Crippen LogP contribution in [0.3, 0.4) is 0 Å². The van der Waals surface area contributed by atoms with Crippen LogP contribution < -0.4 is 0 Å². The van der Waals surface area contributed by atoms with Crippen LogP contribution in [0.25, 0.3) is 0 Å². The van der Waals surface area contributed by atoms with Crippen LogP contribution >= 0.6 is 15.9 Å². The molecule has 0 N–H and O–H groups in total. The highest BCUT2D eigenvalue weighted by Crippen LogP contribution is 2.33. The Morgan fingerprint density at radius 2 is 1.79 bits per heavy atom. The fourth-order valence-electron chi connectivity index (χ4n) is 2.28. The average Bonchev–Trinajstić information content (AvgIpc) is 2.43. The lowest BCUT2D eigenvalue weighted by atomic mass is 9.92. The largest absolute Gasteiger partial charge is 0.207 e. The van der Waals surface area contributed by atoms with Crippen LogP contribution in [-0.4, -0.2) is 0 Å². The summed E-state index contributed by atoms with van der Waals surface area (Å²) in [5, 5.41) is 0. The number of alkyl halides is 1. The van der Waals surface area contributed by atoms with E-state index >= 15 is 0 Å². The molecule has 0 saturated carbocycles. The zero-order valence-corrected chi connectivity index (χ0v) is 12.8. The van der Waals surface area contributed by atoms with Crippen LogP contribution in [0.15, 0.2) is 48.5 Å². The van der Waals surface area contributed by atoms with Gasteiger partial charge in [0.2, 0.25) is 0 Å². The molecule has 0 radical (unpaired) electrons. The highest BCUT2D eigenvalue weighted by molar-refractivity contribution is 9.09. The predicted molar refractivity (Wildman–Crippen MR) is 82.1 cm³/mol. The van der Waals surface area contributed by atoms with Crippen molar-refractivity contribution in [3.8, 4) is 0 Å². The smallest absolute Gasteiger partial charge is 0.123 e. The van der Waals surface area contributed by atoms with Crippen molar-refractivity contribution in [3.05, 3.63) is 71.0 Å². The highest BCUT2D eigenvalue weighted by atomic mass is 79.9. The molecule has 19 heavy (non-hydrogen) atoms. The first kappa shape index (κ1) is 14.3. The van der Waals surface area contributed by atoms with Gasteiger partial charge in [0.05, 0.1) is 0 Å². The molecule has 0 bridgehead atoms. The maximum absolute atomic E-state index is 13.3. The molecule has 2 heteroatoms. The molecule has 0 saturated heterocycles. The van der Waals surface area contributed by atoms with Gasteiger partial charge in [-0.05, 0) is 48.1 Å². The molecular weight excluding hydrogens is 303 g/mol. The number of rotatable bonds is 4. The lowest BCUT2D eigenvalue weighted by Gasteiger charge is -2.20. The maximum Gasteiger partial charge on any atom is 0.123 e. The number of halogens is 2. The molecule has 0 nitrogen and oxygen atoms in total. The van der Waals surface area contributed by atoms with E-state index in [-0.39, 0.29) is 10.6 Å². The van der Waals surface area contributed by atoms with Crippen molar-refractivity contribution in [3.63, 3.8) is 0 Å². The molecule has 0 amide bonds. The van der Waals surface area contributed by atoms with Crippen molar-refractivity contribution in [1.29, 1.82) is 0 Å². The molecule has 0 spiro atoms. The topological polar surface area (TPSA) is 0 Å². The van der Waals surface area contributed by atoms with Gasteiger partial charge in [0.1, 0.15) is 5.82 Å². The van der Waals surface area contributed by atoms with Crippen LogP contribution in [0.5, 0.6) is 0 Å². The summed E-state index contributed by atoms with van der Waals surface area (Å²) in [6.07, 6.45) is 0.869. The molecule has 0 aromatic heterocycles. The van der Waals surface area contributed by atoms with Crippen LogP contribution in [-0.2, 0) is 6.42 Å². The molecule has 0 fully saturated rings. The lowest BCUT2D eigenvalue weighted by Crippen LogP contribution is -2.08. The van der Waals surface area contributed by atoms with Crippen LogP contribution in [0, 0.1) is 18.7 Å². The Hall–Kier alpha value is -1.15. The first-order valence-electron chi connectivity index (χ1n) is 6.52. The Morgan fingerprint density at radius 1 is 1.11 bits per heavy atom. The van der Waals surface area contributed by atoms with E-state index in [1.54, 1.807) is 6.07 Å². The van der Waals surface area contributed by atoms with Gasteiger partial charge in [-0.25, -0.2) is 4.39 Å². The second-order valence-electron chi connectivity index (χ2n) is 5.06. The van der Waals surface area contributed by atoms with E-state index in [0.29, 0.717) is 5.92 Å². The van der Waals surface area contributed by atoms with Gasteiger partial charge in [0.15, 0.2) is 0 Å². The van der Waals surface area contributed by atoms with Gasteiger partial charge in [-0.3, -0.25) is 0 Å². The third-order valence-corrected chi connectivity index (χ3v) is 4.90. The van der Waals surface area contributed by atoms with Crippen molar-refractivity contribution in [2.24, 2.45) is 5.92 Å². The van der Waals surface area contributed by atoms with Crippen molar-refractivity contribution in [1.82, 2.24) is 0 Å². The minimum Gasteiger partial charge on any atom is -0.207 e. The summed E-state index contributed by atoms with van der Waals surface area (Å²) in [6, 6.07) is 15.4. The Bertz CT molecular complexity index is 536. The van der Waals surface area contributed by atoms with Gasteiger partial charge in [-0.15, -0.1) is 0 Å². The van der Waals surface area contributed by atoms with Gasteiger partial charge in [-0.2, -0.15) is 0 Å². The first-order chi connectivity index (χ1) is 9.08. The molecule has 2 rings (SSSR count). The fraction of sp³-hybridized carbons (Fsp3) is 0.294. The molecular formula is C17H18BrF. The minimum absolute atomic E-state index is 0.154. The van der Waals surface area contributed by atoms with Gasteiger partial charge in [0.25, 0.3) is 0 Å². The molecule has 2 unspecified atom stereocenters. The summed E-state index contributed by atoms with van der Waals surface area (Å²) in [6.45, 7) is 4.23. The lowest BCUT2D eigenvalue weighted by molar-refractivity contribution is 0.564. The zero-order valence-electron chi connectivity index (χ0n) is 11.2. The van der Waals surface area contributed by atoms with E-state index < -0.39 is 0 Å². The van der Waals surface area contributed by atoms with Crippen molar-refractivity contribution in [2.75, 3.05) is 0 Å². The van der Waals surface area contributed by atoms with E-state index in [0.717, 1.165) is 17.5 Å². The van der Waals surface area contributed by atoms with E-state index in [4.69, 9.17) is 0 Å². The Balaban J connectivity index is 2.12. The number of aryl methyl sites for hydroxylation is 1. The third kappa shape index (κ3) is 3.66. The van der Waals surface area contributed by atoms with Gasteiger partial charge in [0, 0.05) is 4.83 Å². The van der Waals surface area contributed by atoms with Crippen molar-refractivity contribution < 1.29 is 4.39 Å². The molecule has 100 valence electrons. The molecule has 2 aromatic carbocycles. The summed E-state index contributed by atoms with van der Waals surface area (Å²) >= 11 is 3.76. The Kier molecular flexibility index (Phi) is 4.76. The summed E-state index contributed by atoms with van der Waals surface area (Å²) in [5.41, 5.74) is 3.51. The normalized spacial score (nSPS) is 14.1. The third-order valence-electron chi connectivity index (χ3n) is 3.47. The minimum atomic E-state index is -0.154. The highest BCUT2D eigenvalue weighted by Gasteiger charge is 2.17. The van der Waals surface area contributed by atoms with E-state index in [1.165, 1.54) is 11.6 Å². The molecule has 0 heterocycles. The van der Waals surface area contributed by atoms with E-state index in [9.17, 15) is 4.39 Å². The SMILES string of the molecule is Cc1ccc(F)cc1CC(C)C(Br)c1ccccc1. The molecule has 0 aliphatic heterocycles. The molecule has 0 aliphatic rings. The zero-order chi connectivity index (χ0) is 13.8. The first-order valence-corrected chi connectivity index (χ1v) is 7.43. The quantitative estimate of drug-likeness (QED) is 0.657. The Labute approximate surface area is 122 Å². The van der Waals surface area contributed by atoms with Crippen LogP contribution in [0.4, 0.5) is 4.39 Å². The molecule has 2 atom stereocenters. The van der Waals surface area contributed by atoms with Gasteiger partial charge in [-0.1, -0.05) is 59.3 Å². The fourth-order valence-corrected chi connectivity index (χ4v) is 2.77. The number of hydrogen-bond acceptors (Lipinski definition) is 0. The van der Waals surface area contributed by atoms with Crippen molar-refractivity contribution >= 4 is 15.9 Å². The monoisotopic (exact) mass is 320 g/mol. The standard InChI is InChI=1S/C17H18BrF/c1-12-8-9-16(19)11-15(12)10-13(2)17(18)14-6-4-3-5-7-14/h3-9,11,13,17H,10H2,1-2H3. The number of benzene rings is 2. The summed E-state index contributed by atoms with van der Waals surface area (Å²) in [5.74, 6) is 0.251. The second kappa shape index (κ2) is 6.33. The summed E-state index contributed by atoms with van der Waals surface area (Å²) in [7, 11) is 0. The summed E-state index contributed by atoms with van der Waals surface area (Å²) < 4.78 is 13.3. The number of hydrogen-bond donors (Lipinski definition) is 0. The van der Waals surface area contributed by atoms with E-state index in [2.05, 4.69) is 35.0 Å². The van der Waals surface area contributed by atoms with Crippen molar-refractivity contribution in [2.45, 2.75) is 25.1 Å². The second-order valence-corrected chi connectivity index (χ2v) is 6.05. The van der Waals surface area contributed by atoms with E-state index in [1.807, 2.05) is 31.2 Å². The average molecular weight is 321 g/mol. The predicted octanol–water partition coefficient (Wildman–Crippen LogP) is 5.45. The van der Waals surface area contributed by atoms with Crippen LogP contribution in [0.2, 0.25) is 0 Å². The molecule has 2 aromatic rings. The van der Waals surface area contributed by atoms with Gasteiger partial charge >= 0.3 is 0 Å². The van der Waals surface area contributed by atoms with Crippen LogP contribution in [0.1, 0.15) is 28.4 Å². The van der Waals surface area contributed by atoms with Gasteiger partial charge < -0.3 is 0 Å². The summed E-state index contributed by atoms with van der Waals surface area (Å²) in [4.78, 5) is 0.288. The molecule has 0 aliphatic carbocycles. The Morgan fingerprint density at radius 3 is 2.47 bits per heavy atom.